The highest BCUT2D eigenvalue weighted by Crippen LogP contribution is 2.23. The fourth-order valence-corrected chi connectivity index (χ4v) is 4.44. The largest absolute Gasteiger partial charge is 0.389 e. The summed E-state index contributed by atoms with van der Waals surface area (Å²) in [6.07, 6.45) is 11.9. The van der Waals surface area contributed by atoms with Gasteiger partial charge >= 0.3 is 5.97 Å². The van der Waals surface area contributed by atoms with Gasteiger partial charge in [-0.05, 0) is 42.5 Å². The molecule has 0 radical (unpaired) electrons. The lowest BCUT2D eigenvalue weighted by Gasteiger charge is -2.25. The third-order valence-corrected chi connectivity index (χ3v) is 6.01. The van der Waals surface area contributed by atoms with Crippen molar-refractivity contribution in [1.29, 1.82) is 0 Å². The van der Waals surface area contributed by atoms with Crippen molar-refractivity contribution in [3.8, 4) is 0 Å². The van der Waals surface area contributed by atoms with E-state index in [1.807, 2.05) is 42.5 Å². The zero-order valence-electron chi connectivity index (χ0n) is 16.5. The van der Waals surface area contributed by atoms with Crippen LogP contribution in [0.4, 0.5) is 0 Å². The summed E-state index contributed by atoms with van der Waals surface area (Å²) in [5.74, 6) is -0.324. The number of nitrogens with zero attached hydrogens (tertiary/aromatic N) is 1. The van der Waals surface area contributed by atoms with Crippen LogP contribution in [-0.2, 0) is 4.74 Å². The molecule has 0 spiro atoms. The maximum atomic E-state index is 13.0. The van der Waals surface area contributed by atoms with Crippen LogP contribution in [0.3, 0.4) is 0 Å². The fraction of sp³-hybridized carbons (Fsp3) is 0.500. The van der Waals surface area contributed by atoms with Gasteiger partial charge in [-0.25, -0.2) is 9.79 Å². The molecule has 4 rings (SSSR count). The van der Waals surface area contributed by atoms with Gasteiger partial charge in [-0.15, -0.1) is 0 Å². The minimum Gasteiger partial charge on any atom is -0.389 e. The van der Waals surface area contributed by atoms with Crippen LogP contribution in [0.2, 0.25) is 0 Å². The Balaban J connectivity index is 1.54. The molecule has 0 aliphatic heterocycles. The van der Waals surface area contributed by atoms with E-state index in [4.69, 9.17) is 9.73 Å². The zero-order chi connectivity index (χ0) is 19.2. The number of aliphatic imine (C=N–C) groups is 1. The summed E-state index contributed by atoms with van der Waals surface area (Å²) in [6.45, 7) is 0. The Labute approximate surface area is 167 Å². The molecule has 0 bridgehead atoms. The van der Waals surface area contributed by atoms with Crippen LogP contribution >= 0.6 is 0 Å². The van der Waals surface area contributed by atoms with Crippen molar-refractivity contribution >= 4 is 22.8 Å². The third-order valence-electron chi connectivity index (χ3n) is 6.01. The lowest BCUT2D eigenvalue weighted by Crippen LogP contribution is -2.39. The number of amidine groups is 1. The molecule has 4 heteroatoms. The summed E-state index contributed by atoms with van der Waals surface area (Å²) < 4.78 is 5.85. The molecule has 2 aromatic carbocycles. The summed E-state index contributed by atoms with van der Waals surface area (Å²) in [5, 5.41) is 5.42. The second-order valence-corrected chi connectivity index (χ2v) is 8.12. The van der Waals surface area contributed by atoms with E-state index >= 15 is 0 Å². The molecule has 4 nitrogen and oxygen atoms in total. The lowest BCUT2D eigenvalue weighted by molar-refractivity contribution is 0.0705. The second kappa shape index (κ2) is 9.22. The Hall–Kier alpha value is -2.36. The predicted octanol–water partition coefficient (Wildman–Crippen LogP) is 5.61. The number of benzene rings is 2. The van der Waals surface area contributed by atoms with Crippen molar-refractivity contribution < 1.29 is 9.53 Å². The van der Waals surface area contributed by atoms with Gasteiger partial charge in [0.1, 0.15) is 0 Å². The minimum absolute atomic E-state index is 0.264. The maximum Gasteiger partial charge on any atom is 0.346 e. The molecule has 148 valence electrons. The number of rotatable bonds is 3. The van der Waals surface area contributed by atoms with E-state index in [1.165, 1.54) is 38.5 Å². The van der Waals surface area contributed by atoms with Gasteiger partial charge < -0.3 is 10.1 Å². The molecule has 2 aliphatic rings. The number of nitrogens with one attached hydrogen (secondary N) is 1. The molecule has 2 saturated carbocycles. The number of carbonyl (C=O) groups excluding carboxylic acids is 1. The number of hydrogen-bond donors (Lipinski definition) is 1. The van der Waals surface area contributed by atoms with E-state index in [0.29, 0.717) is 17.6 Å². The second-order valence-electron chi connectivity index (χ2n) is 8.12. The summed E-state index contributed by atoms with van der Waals surface area (Å²) in [5.41, 5.74) is 0.597. The number of fused-ring (bicyclic) bond motifs is 1. The van der Waals surface area contributed by atoms with E-state index in [2.05, 4.69) is 5.32 Å². The van der Waals surface area contributed by atoms with Crippen molar-refractivity contribution in [2.45, 2.75) is 76.3 Å². The smallest absolute Gasteiger partial charge is 0.346 e. The third kappa shape index (κ3) is 4.73. The molecule has 2 fully saturated rings. The van der Waals surface area contributed by atoms with Gasteiger partial charge in [-0.1, -0.05) is 74.9 Å². The van der Waals surface area contributed by atoms with Gasteiger partial charge in [0.2, 0.25) is 0 Å². The van der Waals surface area contributed by atoms with Gasteiger partial charge in [-0.2, -0.15) is 0 Å². The van der Waals surface area contributed by atoms with Crippen LogP contribution in [0.25, 0.3) is 10.8 Å². The van der Waals surface area contributed by atoms with Crippen LogP contribution in [0.15, 0.2) is 47.5 Å². The molecule has 1 N–H and O–H groups in total. The van der Waals surface area contributed by atoms with E-state index in [0.717, 1.165) is 36.5 Å². The Bertz CT molecular complexity index is 828. The molecule has 0 unspecified atom stereocenters. The van der Waals surface area contributed by atoms with Crippen LogP contribution in [-0.4, -0.2) is 24.1 Å². The van der Waals surface area contributed by atoms with Gasteiger partial charge in [0.25, 0.3) is 6.02 Å². The average molecular weight is 379 g/mol. The molecule has 28 heavy (non-hydrogen) atoms. The van der Waals surface area contributed by atoms with Crippen LogP contribution in [0.1, 0.15) is 74.6 Å². The molecule has 0 aromatic heterocycles. The first-order valence-electron chi connectivity index (χ1n) is 10.8. The fourth-order valence-electron chi connectivity index (χ4n) is 4.44. The normalized spacial score (nSPS) is 19.5. The zero-order valence-corrected chi connectivity index (χ0v) is 16.5. The van der Waals surface area contributed by atoms with Crippen molar-refractivity contribution in [2.24, 2.45) is 4.99 Å². The molecule has 0 atom stereocenters. The highest BCUT2D eigenvalue weighted by atomic mass is 16.6. The summed E-state index contributed by atoms with van der Waals surface area (Å²) in [7, 11) is 0. The molecule has 2 aromatic rings. The standard InChI is InChI=1S/C24H30N2O2/c27-23(22-17-9-11-18-10-7-8-16-21(18)22)28-24(25-19-12-3-1-4-13-19)26-20-14-5-2-6-15-20/h7-11,16-17,19-20H,1-6,12-15H2,(H,25,26). The van der Waals surface area contributed by atoms with Crippen LogP contribution < -0.4 is 5.32 Å². The monoisotopic (exact) mass is 378 g/mol. The average Bonchev–Trinajstić information content (AvgIpc) is 2.74. The van der Waals surface area contributed by atoms with E-state index < -0.39 is 0 Å². The molecule has 2 aliphatic carbocycles. The van der Waals surface area contributed by atoms with E-state index in [-0.39, 0.29) is 12.0 Å². The Kier molecular flexibility index (Phi) is 6.25. The van der Waals surface area contributed by atoms with Gasteiger partial charge in [-0.3, -0.25) is 0 Å². The molecule has 0 heterocycles. The summed E-state index contributed by atoms with van der Waals surface area (Å²) in [6, 6.07) is 14.7. The summed E-state index contributed by atoms with van der Waals surface area (Å²) in [4.78, 5) is 17.8. The first-order chi connectivity index (χ1) is 13.8. The topological polar surface area (TPSA) is 50.7 Å². The van der Waals surface area contributed by atoms with Crippen molar-refractivity contribution in [2.75, 3.05) is 0 Å². The Morgan fingerprint density at radius 1 is 0.857 bits per heavy atom. The molecular formula is C24H30N2O2. The van der Waals surface area contributed by atoms with E-state index in [9.17, 15) is 4.79 Å². The maximum absolute atomic E-state index is 13.0. The molecule has 0 amide bonds. The van der Waals surface area contributed by atoms with Crippen molar-refractivity contribution in [3.05, 3.63) is 48.0 Å². The van der Waals surface area contributed by atoms with Gasteiger partial charge in [0.15, 0.2) is 0 Å². The quantitative estimate of drug-likeness (QED) is 0.429. The van der Waals surface area contributed by atoms with E-state index in [1.54, 1.807) is 0 Å². The Morgan fingerprint density at radius 3 is 2.32 bits per heavy atom. The minimum atomic E-state index is -0.324. The first kappa shape index (κ1) is 19.0. The van der Waals surface area contributed by atoms with Gasteiger partial charge in [0, 0.05) is 6.04 Å². The predicted molar refractivity (Wildman–Crippen MR) is 114 cm³/mol. The SMILES string of the molecule is O=C(OC(=NC1CCCCC1)NC1CCCCC1)c1cccc2ccccc12. The number of hydrogen-bond acceptors (Lipinski definition) is 3. The van der Waals surface area contributed by atoms with Crippen molar-refractivity contribution in [3.63, 3.8) is 0 Å². The highest BCUT2D eigenvalue weighted by molar-refractivity contribution is 6.07. The van der Waals surface area contributed by atoms with Crippen LogP contribution in [0, 0.1) is 0 Å². The molecule has 0 saturated heterocycles. The van der Waals surface area contributed by atoms with Crippen molar-refractivity contribution in [1.82, 2.24) is 5.32 Å². The van der Waals surface area contributed by atoms with Crippen LogP contribution in [0.5, 0.6) is 0 Å². The number of ether oxygens (including phenoxy) is 1. The first-order valence-corrected chi connectivity index (χ1v) is 10.8. The number of esters is 1. The lowest BCUT2D eigenvalue weighted by atomic mass is 9.95. The number of carbonyl (C=O) groups is 1. The summed E-state index contributed by atoms with van der Waals surface area (Å²) >= 11 is 0. The Morgan fingerprint density at radius 2 is 1.54 bits per heavy atom. The van der Waals surface area contributed by atoms with Gasteiger partial charge in [0.05, 0.1) is 11.6 Å². The highest BCUT2D eigenvalue weighted by Gasteiger charge is 2.21. The molecular weight excluding hydrogens is 348 g/mol.